The second-order valence-corrected chi connectivity index (χ2v) is 6.24. The Morgan fingerprint density at radius 3 is 2.25 bits per heavy atom. The Morgan fingerprint density at radius 2 is 1.75 bits per heavy atom. The molecule has 1 heterocycles. The minimum Gasteiger partial charge on any atom is -0.386 e. The molecule has 0 radical (unpaired) electrons. The summed E-state index contributed by atoms with van der Waals surface area (Å²) < 4.78 is 78.7. The van der Waals surface area contributed by atoms with Crippen molar-refractivity contribution in [3.05, 3.63) is 29.3 Å². The van der Waals surface area contributed by atoms with Gasteiger partial charge >= 0.3 is 24.3 Å². The van der Waals surface area contributed by atoms with E-state index in [-0.39, 0.29) is 43.1 Å². The molecule has 28 heavy (non-hydrogen) atoms. The van der Waals surface area contributed by atoms with Crippen LogP contribution in [-0.2, 0) is 20.5 Å². The second-order valence-electron chi connectivity index (χ2n) is 6.24. The van der Waals surface area contributed by atoms with E-state index >= 15 is 0 Å². The van der Waals surface area contributed by atoms with Crippen LogP contribution in [0.25, 0.3) is 0 Å². The number of anilines is 1. The molecule has 0 bridgehead atoms. The smallest absolute Gasteiger partial charge is 0.386 e. The van der Waals surface area contributed by atoms with Crippen molar-refractivity contribution in [3.8, 4) is 6.07 Å². The molecular formula is C17H14F6N2O3. The van der Waals surface area contributed by atoms with Gasteiger partial charge in [-0.15, -0.1) is 0 Å². The Bertz CT molecular complexity index is 790. The topological polar surface area (TPSA) is 70.4 Å². The van der Waals surface area contributed by atoms with Gasteiger partial charge in [-0.3, -0.25) is 4.79 Å². The minimum absolute atomic E-state index is 0.0571. The number of carbonyl (C=O) groups is 2. The van der Waals surface area contributed by atoms with Gasteiger partial charge in [0.1, 0.15) is 6.07 Å². The Kier molecular flexibility index (Phi) is 6.21. The molecular weight excluding hydrogens is 394 g/mol. The van der Waals surface area contributed by atoms with Crippen LogP contribution in [0.4, 0.5) is 32.0 Å². The lowest BCUT2D eigenvalue weighted by Gasteiger charge is -2.34. The molecule has 1 fully saturated rings. The normalized spacial score (nSPS) is 15.8. The third kappa shape index (κ3) is 5.37. The zero-order chi connectivity index (χ0) is 21.1. The van der Waals surface area contributed by atoms with Crippen LogP contribution >= 0.6 is 0 Å². The van der Waals surface area contributed by atoms with Gasteiger partial charge in [-0.1, -0.05) is 0 Å². The van der Waals surface area contributed by atoms with Crippen molar-refractivity contribution in [2.45, 2.75) is 31.6 Å². The Balaban J connectivity index is 2.00. The monoisotopic (exact) mass is 408 g/mol. The van der Waals surface area contributed by atoms with E-state index in [0.29, 0.717) is 0 Å². The zero-order valence-electron chi connectivity index (χ0n) is 14.2. The van der Waals surface area contributed by atoms with Gasteiger partial charge in [-0.05, 0) is 37.0 Å². The van der Waals surface area contributed by atoms with Crippen molar-refractivity contribution < 1.29 is 40.7 Å². The summed E-state index contributed by atoms with van der Waals surface area (Å²) in [7, 11) is 0. The fraction of sp³-hybridized carbons (Fsp3) is 0.471. The number of rotatable bonds is 3. The van der Waals surface area contributed by atoms with Crippen molar-refractivity contribution in [2.24, 2.45) is 5.92 Å². The maximum absolute atomic E-state index is 12.9. The number of piperidine rings is 1. The first-order valence-corrected chi connectivity index (χ1v) is 8.10. The molecule has 1 saturated heterocycles. The third-order valence-corrected chi connectivity index (χ3v) is 4.29. The second kappa shape index (κ2) is 8.08. The molecule has 0 N–H and O–H groups in total. The minimum atomic E-state index is -5.27. The number of hydrogen-bond acceptors (Lipinski definition) is 5. The Hall–Kier alpha value is -2.77. The average Bonchev–Trinajstić information content (AvgIpc) is 2.60. The number of alkyl halides is 6. The molecule has 11 heteroatoms. The lowest BCUT2D eigenvalue weighted by Crippen LogP contribution is -2.36. The van der Waals surface area contributed by atoms with Gasteiger partial charge in [0.25, 0.3) is 0 Å². The molecule has 5 nitrogen and oxygen atoms in total. The van der Waals surface area contributed by atoms with Crippen molar-refractivity contribution in [1.29, 1.82) is 5.26 Å². The van der Waals surface area contributed by atoms with Gasteiger partial charge in [-0.2, -0.15) is 31.6 Å². The molecule has 0 saturated carbocycles. The molecule has 1 aromatic carbocycles. The largest absolute Gasteiger partial charge is 0.491 e. The summed E-state index contributed by atoms with van der Waals surface area (Å²) in [5.74, 6) is -4.28. The summed E-state index contributed by atoms with van der Waals surface area (Å²) in [5.41, 5.74) is -0.745. The van der Waals surface area contributed by atoms with E-state index in [0.717, 1.165) is 18.2 Å². The predicted molar refractivity (Wildman–Crippen MR) is 82.9 cm³/mol. The lowest BCUT2D eigenvalue weighted by molar-refractivity contribution is -0.202. The summed E-state index contributed by atoms with van der Waals surface area (Å²) in [5, 5.41) is 9.12. The molecule has 0 aromatic heterocycles. The van der Waals surface area contributed by atoms with Gasteiger partial charge in [0.05, 0.1) is 16.8 Å². The van der Waals surface area contributed by atoms with Gasteiger partial charge in [0.15, 0.2) is 0 Å². The van der Waals surface area contributed by atoms with E-state index in [1.54, 1.807) is 4.90 Å². The van der Waals surface area contributed by atoms with E-state index in [9.17, 15) is 35.9 Å². The SMILES string of the molecule is N#Cc1ccc(C(F)(F)F)cc1N1CCC(CC(=O)OC(=O)C(F)(F)F)CC1. The summed E-state index contributed by atoms with van der Waals surface area (Å²) in [6.07, 6.45) is -9.71. The van der Waals surface area contributed by atoms with Crippen molar-refractivity contribution in [2.75, 3.05) is 18.0 Å². The van der Waals surface area contributed by atoms with Crippen LogP contribution < -0.4 is 4.90 Å². The number of benzene rings is 1. The van der Waals surface area contributed by atoms with E-state index in [2.05, 4.69) is 4.74 Å². The molecule has 1 aliphatic rings. The van der Waals surface area contributed by atoms with Crippen LogP contribution in [0.3, 0.4) is 0 Å². The highest BCUT2D eigenvalue weighted by atomic mass is 19.4. The lowest BCUT2D eigenvalue weighted by atomic mass is 9.92. The molecule has 1 aromatic rings. The number of ether oxygens (including phenoxy) is 1. The number of nitrogens with zero attached hydrogens (tertiary/aromatic N) is 2. The molecule has 0 spiro atoms. The Morgan fingerprint density at radius 1 is 1.14 bits per heavy atom. The van der Waals surface area contributed by atoms with Crippen LogP contribution in [0, 0.1) is 17.2 Å². The number of halogens is 6. The number of hydrogen-bond donors (Lipinski definition) is 0. The maximum Gasteiger partial charge on any atom is 0.491 e. The predicted octanol–water partition coefficient (Wildman–Crippen LogP) is 3.82. The fourth-order valence-corrected chi connectivity index (χ4v) is 2.88. The van der Waals surface area contributed by atoms with Crippen molar-refractivity contribution in [3.63, 3.8) is 0 Å². The summed E-state index contributed by atoms with van der Waals surface area (Å²) >= 11 is 0. The first-order valence-electron chi connectivity index (χ1n) is 8.10. The molecule has 0 aliphatic carbocycles. The standard InChI is InChI=1S/C17H14F6N2O3/c18-16(19,20)12-2-1-11(9-24)13(8-12)25-5-3-10(4-6-25)7-14(26)28-15(27)17(21,22)23/h1-2,8,10H,3-7H2. The third-order valence-electron chi connectivity index (χ3n) is 4.29. The number of carbonyl (C=O) groups excluding carboxylic acids is 2. The Labute approximate surface area is 155 Å². The molecule has 1 aliphatic heterocycles. The highest BCUT2D eigenvalue weighted by Gasteiger charge is 2.42. The molecule has 2 rings (SSSR count). The molecule has 0 amide bonds. The van der Waals surface area contributed by atoms with Gasteiger partial charge < -0.3 is 9.64 Å². The van der Waals surface area contributed by atoms with Gasteiger partial charge in [0, 0.05) is 19.5 Å². The van der Waals surface area contributed by atoms with E-state index in [1.807, 2.05) is 6.07 Å². The summed E-state index contributed by atoms with van der Waals surface area (Å²) in [4.78, 5) is 23.6. The van der Waals surface area contributed by atoms with E-state index in [1.165, 1.54) is 0 Å². The first-order chi connectivity index (χ1) is 12.9. The van der Waals surface area contributed by atoms with Crippen LogP contribution in [-0.4, -0.2) is 31.2 Å². The fourth-order valence-electron chi connectivity index (χ4n) is 2.88. The summed E-state index contributed by atoms with van der Waals surface area (Å²) in [6.45, 7) is 0.391. The first kappa shape index (κ1) is 21.5. The average molecular weight is 408 g/mol. The number of esters is 2. The van der Waals surface area contributed by atoms with Crippen molar-refractivity contribution in [1.82, 2.24) is 0 Å². The van der Waals surface area contributed by atoms with E-state index < -0.39 is 36.3 Å². The zero-order valence-corrected chi connectivity index (χ0v) is 14.2. The van der Waals surface area contributed by atoms with E-state index in [4.69, 9.17) is 5.26 Å². The summed E-state index contributed by atoms with van der Waals surface area (Å²) in [6, 6.07) is 4.58. The quantitative estimate of drug-likeness (QED) is 0.432. The van der Waals surface area contributed by atoms with Crippen LogP contribution in [0.2, 0.25) is 0 Å². The maximum atomic E-state index is 12.9. The molecule has 0 atom stereocenters. The van der Waals surface area contributed by atoms with Gasteiger partial charge in [-0.25, -0.2) is 4.79 Å². The van der Waals surface area contributed by atoms with Crippen LogP contribution in [0.1, 0.15) is 30.4 Å². The highest BCUT2D eigenvalue weighted by Crippen LogP contribution is 2.35. The number of nitriles is 1. The molecule has 0 unspecified atom stereocenters. The van der Waals surface area contributed by atoms with Crippen molar-refractivity contribution >= 4 is 17.6 Å². The van der Waals surface area contributed by atoms with Crippen LogP contribution in [0.15, 0.2) is 18.2 Å². The highest BCUT2D eigenvalue weighted by molar-refractivity contribution is 5.88. The van der Waals surface area contributed by atoms with Crippen LogP contribution in [0.5, 0.6) is 0 Å². The van der Waals surface area contributed by atoms with Gasteiger partial charge in [0.2, 0.25) is 0 Å². The molecule has 152 valence electrons.